The number of nitrogens with zero attached hydrogens (tertiary/aromatic N) is 4. The molecule has 28 heavy (non-hydrogen) atoms. The minimum Gasteiger partial charge on any atom is -0.361 e. The molecule has 2 saturated heterocycles. The molecule has 1 spiro atoms. The number of aromatic nitrogens is 2. The molecule has 0 radical (unpaired) electrons. The van der Waals surface area contributed by atoms with Crippen LogP contribution in [0, 0.1) is 5.92 Å². The first kappa shape index (κ1) is 17.8. The van der Waals surface area contributed by atoms with E-state index in [-0.39, 0.29) is 11.8 Å². The molecule has 3 aliphatic rings. The number of pyridine rings is 2. The van der Waals surface area contributed by atoms with Crippen molar-refractivity contribution in [3.63, 3.8) is 0 Å². The van der Waals surface area contributed by atoms with Crippen molar-refractivity contribution in [1.82, 2.24) is 19.8 Å². The summed E-state index contributed by atoms with van der Waals surface area (Å²) in [6.07, 6.45) is 7.97. The molecule has 6 heteroatoms. The number of ether oxygens (including phenoxy) is 1. The number of morpholine rings is 1. The van der Waals surface area contributed by atoms with Crippen molar-refractivity contribution >= 4 is 5.91 Å². The molecule has 6 nitrogen and oxygen atoms in total. The van der Waals surface area contributed by atoms with Gasteiger partial charge in [-0.2, -0.15) is 0 Å². The van der Waals surface area contributed by atoms with E-state index in [1.807, 2.05) is 36.7 Å². The van der Waals surface area contributed by atoms with E-state index in [2.05, 4.69) is 25.8 Å². The Bertz CT molecular complexity index is 827. The van der Waals surface area contributed by atoms with Crippen molar-refractivity contribution in [1.29, 1.82) is 0 Å². The summed E-state index contributed by atoms with van der Waals surface area (Å²) in [7, 11) is 0. The Balaban J connectivity index is 1.44. The standard InChI is InChI=1S/C22H26N4O2/c27-21-22(28-11-10-26(21)13-17-6-7-17)16-25(14-19-5-1-2-9-24-19)15-20(22)18-4-3-8-23-12-18/h1-5,8-9,12,17,20H,6-7,10-11,13-16H2/t20-,22+/m1/s1. The molecule has 0 bridgehead atoms. The molecule has 0 N–H and O–H groups in total. The zero-order valence-corrected chi connectivity index (χ0v) is 16.0. The average Bonchev–Trinajstić information content (AvgIpc) is 3.48. The Kier molecular flexibility index (Phi) is 4.61. The van der Waals surface area contributed by atoms with Gasteiger partial charge in [-0.3, -0.25) is 19.7 Å². The van der Waals surface area contributed by atoms with E-state index in [0.29, 0.717) is 25.6 Å². The minimum absolute atomic E-state index is 0.0144. The maximum atomic E-state index is 13.6. The van der Waals surface area contributed by atoms with Crippen LogP contribution in [0.1, 0.15) is 30.0 Å². The highest BCUT2D eigenvalue weighted by Gasteiger charge is 2.57. The van der Waals surface area contributed by atoms with Gasteiger partial charge < -0.3 is 9.64 Å². The summed E-state index contributed by atoms with van der Waals surface area (Å²) in [6.45, 7) is 4.28. The van der Waals surface area contributed by atoms with Gasteiger partial charge in [-0.25, -0.2) is 0 Å². The third kappa shape index (κ3) is 3.31. The molecule has 5 rings (SSSR count). The molecule has 146 valence electrons. The summed E-state index contributed by atoms with van der Waals surface area (Å²) in [6, 6.07) is 9.98. The van der Waals surface area contributed by atoms with Gasteiger partial charge in [0.1, 0.15) is 0 Å². The second kappa shape index (κ2) is 7.26. The normalized spacial score (nSPS) is 28.2. The van der Waals surface area contributed by atoms with Crippen molar-refractivity contribution in [2.75, 3.05) is 32.8 Å². The third-order valence-corrected chi connectivity index (χ3v) is 6.21. The number of rotatable bonds is 5. The van der Waals surface area contributed by atoms with Gasteiger partial charge in [0, 0.05) is 57.2 Å². The molecular formula is C22H26N4O2. The van der Waals surface area contributed by atoms with Crippen LogP contribution in [0.3, 0.4) is 0 Å². The molecule has 2 aromatic rings. The molecule has 1 saturated carbocycles. The first-order valence-electron chi connectivity index (χ1n) is 10.2. The molecule has 2 aliphatic heterocycles. The lowest BCUT2D eigenvalue weighted by Gasteiger charge is -2.42. The Morgan fingerprint density at radius 2 is 2.11 bits per heavy atom. The van der Waals surface area contributed by atoms with Crippen LogP contribution >= 0.6 is 0 Å². The number of likely N-dealkylation sites (tertiary alicyclic amines) is 1. The van der Waals surface area contributed by atoms with Crippen molar-refractivity contribution in [3.05, 3.63) is 60.2 Å². The van der Waals surface area contributed by atoms with E-state index in [4.69, 9.17) is 4.74 Å². The monoisotopic (exact) mass is 378 g/mol. The van der Waals surface area contributed by atoms with E-state index in [0.717, 1.165) is 30.9 Å². The van der Waals surface area contributed by atoms with Crippen LogP contribution in [0.15, 0.2) is 48.9 Å². The van der Waals surface area contributed by atoms with Gasteiger partial charge in [0.2, 0.25) is 0 Å². The first-order chi connectivity index (χ1) is 13.7. The van der Waals surface area contributed by atoms with Gasteiger partial charge in [0.05, 0.1) is 12.3 Å². The van der Waals surface area contributed by atoms with Crippen LogP contribution in [-0.4, -0.2) is 64.1 Å². The van der Waals surface area contributed by atoms with E-state index in [1.54, 1.807) is 6.20 Å². The Morgan fingerprint density at radius 1 is 1.18 bits per heavy atom. The third-order valence-electron chi connectivity index (χ3n) is 6.21. The van der Waals surface area contributed by atoms with Crippen LogP contribution in [0.4, 0.5) is 0 Å². The minimum atomic E-state index is -0.815. The molecule has 0 aromatic carbocycles. The maximum absolute atomic E-state index is 13.6. The maximum Gasteiger partial charge on any atom is 0.256 e. The highest BCUT2D eigenvalue weighted by molar-refractivity contribution is 5.88. The van der Waals surface area contributed by atoms with Gasteiger partial charge in [-0.15, -0.1) is 0 Å². The zero-order chi connectivity index (χ0) is 19.0. The van der Waals surface area contributed by atoms with Crippen molar-refractivity contribution in [2.45, 2.75) is 30.9 Å². The van der Waals surface area contributed by atoms with E-state index < -0.39 is 5.60 Å². The van der Waals surface area contributed by atoms with Gasteiger partial charge in [-0.05, 0) is 42.5 Å². The summed E-state index contributed by atoms with van der Waals surface area (Å²) < 4.78 is 6.32. The highest BCUT2D eigenvalue weighted by atomic mass is 16.5. The largest absolute Gasteiger partial charge is 0.361 e. The first-order valence-corrected chi connectivity index (χ1v) is 10.2. The van der Waals surface area contributed by atoms with Gasteiger partial charge in [0.25, 0.3) is 5.91 Å². The van der Waals surface area contributed by atoms with Gasteiger partial charge in [0.15, 0.2) is 5.60 Å². The lowest BCUT2D eigenvalue weighted by Crippen LogP contribution is -2.60. The smallest absolute Gasteiger partial charge is 0.256 e. The number of amides is 1. The topological polar surface area (TPSA) is 58.6 Å². The average molecular weight is 378 g/mol. The quantitative estimate of drug-likeness (QED) is 0.797. The lowest BCUT2D eigenvalue weighted by molar-refractivity contribution is -0.172. The number of hydrogen-bond donors (Lipinski definition) is 0. The van der Waals surface area contributed by atoms with Crippen molar-refractivity contribution in [3.8, 4) is 0 Å². The van der Waals surface area contributed by atoms with Gasteiger partial charge in [-0.1, -0.05) is 12.1 Å². The summed E-state index contributed by atoms with van der Waals surface area (Å²) in [5.74, 6) is 0.824. The molecule has 1 amide bonds. The predicted molar refractivity (Wildman–Crippen MR) is 104 cm³/mol. The lowest BCUT2D eigenvalue weighted by atomic mass is 9.83. The Morgan fingerprint density at radius 3 is 2.86 bits per heavy atom. The Hall–Kier alpha value is -2.31. The molecule has 4 heterocycles. The number of carbonyl (C=O) groups is 1. The van der Waals surface area contributed by atoms with Crippen LogP contribution in [0.25, 0.3) is 0 Å². The fourth-order valence-electron chi connectivity index (χ4n) is 4.63. The van der Waals surface area contributed by atoms with E-state index in [9.17, 15) is 4.79 Å². The Labute approximate surface area is 165 Å². The second-order valence-corrected chi connectivity index (χ2v) is 8.26. The SMILES string of the molecule is O=C1N(CC2CC2)CCO[C@]12CN(Cc1ccccn1)C[C@@H]2c1cccnc1. The highest BCUT2D eigenvalue weighted by Crippen LogP contribution is 2.43. The molecule has 2 atom stereocenters. The fourth-order valence-corrected chi connectivity index (χ4v) is 4.63. The van der Waals surface area contributed by atoms with Crippen LogP contribution < -0.4 is 0 Å². The summed E-state index contributed by atoms with van der Waals surface area (Å²) >= 11 is 0. The molecule has 1 aliphatic carbocycles. The fraction of sp³-hybridized carbons (Fsp3) is 0.500. The molecule has 2 aromatic heterocycles. The molecular weight excluding hydrogens is 352 g/mol. The second-order valence-electron chi connectivity index (χ2n) is 8.26. The molecule has 0 unspecified atom stereocenters. The van der Waals surface area contributed by atoms with Crippen molar-refractivity contribution in [2.24, 2.45) is 5.92 Å². The summed E-state index contributed by atoms with van der Waals surface area (Å²) in [5.41, 5.74) is 1.28. The van der Waals surface area contributed by atoms with Gasteiger partial charge >= 0.3 is 0 Å². The summed E-state index contributed by atoms with van der Waals surface area (Å²) in [4.78, 5) is 26.8. The van der Waals surface area contributed by atoms with E-state index >= 15 is 0 Å². The number of carbonyl (C=O) groups excluding carboxylic acids is 1. The van der Waals surface area contributed by atoms with Crippen molar-refractivity contribution < 1.29 is 9.53 Å². The van der Waals surface area contributed by atoms with Crippen LogP contribution in [0.5, 0.6) is 0 Å². The number of hydrogen-bond acceptors (Lipinski definition) is 5. The molecule has 3 fully saturated rings. The van der Waals surface area contributed by atoms with Crippen LogP contribution in [-0.2, 0) is 16.1 Å². The zero-order valence-electron chi connectivity index (χ0n) is 16.0. The summed E-state index contributed by atoms with van der Waals surface area (Å²) in [5, 5.41) is 0. The van der Waals surface area contributed by atoms with Crippen LogP contribution in [0.2, 0.25) is 0 Å². The predicted octanol–water partition coefficient (Wildman–Crippen LogP) is 2.08. The van der Waals surface area contributed by atoms with E-state index in [1.165, 1.54) is 12.8 Å².